The lowest BCUT2D eigenvalue weighted by atomic mass is 10.1. The van der Waals surface area contributed by atoms with Crippen molar-refractivity contribution in [2.75, 3.05) is 11.9 Å². The summed E-state index contributed by atoms with van der Waals surface area (Å²) in [6.45, 7) is 2.13. The van der Waals surface area contributed by atoms with Crippen LogP contribution in [0.2, 0.25) is 0 Å². The van der Waals surface area contributed by atoms with E-state index in [1.54, 1.807) is 6.92 Å². The Kier molecular flexibility index (Phi) is 4.61. The number of anilines is 1. The standard InChI is InChI=1S/C11H15N3O4/c1-7(6-12)5-10(16)13-11-8(14(17)18)3-2-4-9(11)15/h2-4,7,15H,5-6,12H2,1H3,(H,13,16). The molecule has 1 unspecified atom stereocenters. The van der Waals surface area contributed by atoms with Crippen molar-refractivity contribution in [3.63, 3.8) is 0 Å². The van der Waals surface area contributed by atoms with Crippen molar-refractivity contribution >= 4 is 17.3 Å². The van der Waals surface area contributed by atoms with Crippen LogP contribution in [0.5, 0.6) is 5.75 Å². The maximum Gasteiger partial charge on any atom is 0.296 e. The molecule has 0 saturated heterocycles. The van der Waals surface area contributed by atoms with E-state index in [1.807, 2.05) is 0 Å². The molecule has 0 saturated carbocycles. The lowest BCUT2D eigenvalue weighted by molar-refractivity contribution is -0.384. The number of aromatic hydroxyl groups is 1. The average molecular weight is 253 g/mol. The Bertz CT molecular complexity index is 462. The number of carbonyl (C=O) groups is 1. The molecule has 7 nitrogen and oxygen atoms in total. The number of para-hydroxylation sites is 1. The fourth-order valence-corrected chi connectivity index (χ4v) is 1.40. The smallest absolute Gasteiger partial charge is 0.296 e. The molecule has 0 aliphatic heterocycles. The Morgan fingerprint density at radius 2 is 2.28 bits per heavy atom. The lowest BCUT2D eigenvalue weighted by Gasteiger charge is -2.10. The van der Waals surface area contributed by atoms with E-state index in [2.05, 4.69) is 5.32 Å². The third-order valence-electron chi connectivity index (χ3n) is 2.42. The minimum Gasteiger partial charge on any atom is -0.505 e. The first-order chi connectivity index (χ1) is 8.45. The topological polar surface area (TPSA) is 118 Å². The predicted octanol–water partition coefficient (Wildman–Crippen LogP) is 1.22. The molecule has 4 N–H and O–H groups in total. The Balaban J connectivity index is 2.90. The number of rotatable bonds is 5. The fraction of sp³-hybridized carbons (Fsp3) is 0.364. The molecular weight excluding hydrogens is 238 g/mol. The Morgan fingerprint density at radius 3 is 2.83 bits per heavy atom. The summed E-state index contributed by atoms with van der Waals surface area (Å²) < 4.78 is 0. The Morgan fingerprint density at radius 1 is 1.61 bits per heavy atom. The van der Waals surface area contributed by atoms with Gasteiger partial charge in [0.05, 0.1) is 4.92 Å². The number of nitrogens with zero attached hydrogens (tertiary/aromatic N) is 1. The minimum absolute atomic E-state index is 0.0325. The van der Waals surface area contributed by atoms with Crippen LogP contribution in [-0.2, 0) is 4.79 Å². The lowest BCUT2D eigenvalue weighted by Crippen LogP contribution is -2.20. The summed E-state index contributed by atoms with van der Waals surface area (Å²) in [4.78, 5) is 21.7. The summed E-state index contributed by atoms with van der Waals surface area (Å²) in [5, 5.41) is 22.6. The molecular formula is C11H15N3O4. The second-order valence-electron chi connectivity index (χ2n) is 4.02. The van der Waals surface area contributed by atoms with Crippen LogP contribution in [0.25, 0.3) is 0 Å². The molecule has 98 valence electrons. The molecule has 0 radical (unpaired) electrons. The number of nitrogens with two attached hydrogens (primary N) is 1. The molecule has 1 aromatic rings. The van der Waals surface area contributed by atoms with Gasteiger partial charge < -0.3 is 16.2 Å². The van der Waals surface area contributed by atoms with E-state index < -0.39 is 10.8 Å². The number of nitro benzene ring substituents is 1. The normalized spacial score (nSPS) is 11.9. The van der Waals surface area contributed by atoms with Gasteiger partial charge in [0.25, 0.3) is 5.69 Å². The van der Waals surface area contributed by atoms with Gasteiger partial charge in [-0.25, -0.2) is 0 Å². The molecule has 1 aromatic carbocycles. The van der Waals surface area contributed by atoms with Crippen LogP contribution < -0.4 is 11.1 Å². The van der Waals surface area contributed by atoms with Crippen molar-refractivity contribution < 1.29 is 14.8 Å². The number of hydrogen-bond acceptors (Lipinski definition) is 5. The fourth-order valence-electron chi connectivity index (χ4n) is 1.40. The number of hydrogen-bond donors (Lipinski definition) is 3. The van der Waals surface area contributed by atoms with Gasteiger partial charge in [0.1, 0.15) is 5.75 Å². The number of nitro groups is 1. The van der Waals surface area contributed by atoms with Gasteiger partial charge in [-0.1, -0.05) is 13.0 Å². The zero-order chi connectivity index (χ0) is 13.7. The first kappa shape index (κ1) is 13.9. The number of benzene rings is 1. The molecule has 7 heteroatoms. The molecule has 18 heavy (non-hydrogen) atoms. The SMILES string of the molecule is CC(CN)CC(=O)Nc1c(O)cccc1[N+](=O)[O-]. The molecule has 0 aliphatic carbocycles. The molecule has 0 spiro atoms. The first-order valence-corrected chi connectivity index (χ1v) is 5.42. The van der Waals surface area contributed by atoms with Gasteiger partial charge in [0.2, 0.25) is 5.91 Å². The molecule has 0 aromatic heterocycles. The number of carbonyl (C=O) groups excluding carboxylic acids is 1. The highest BCUT2D eigenvalue weighted by Crippen LogP contribution is 2.33. The third kappa shape index (κ3) is 3.42. The Labute approximate surface area is 104 Å². The minimum atomic E-state index is -0.665. The van der Waals surface area contributed by atoms with Crippen LogP contribution in [0.4, 0.5) is 11.4 Å². The summed E-state index contributed by atoms with van der Waals surface area (Å²) in [7, 11) is 0. The van der Waals surface area contributed by atoms with Crippen molar-refractivity contribution in [3.8, 4) is 5.75 Å². The molecule has 1 atom stereocenters. The highest BCUT2D eigenvalue weighted by atomic mass is 16.6. The summed E-state index contributed by atoms with van der Waals surface area (Å²) in [6, 6.07) is 3.82. The van der Waals surface area contributed by atoms with Crippen LogP contribution in [0, 0.1) is 16.0 Å². The number of phenols is 1. The molecule has 1 rings (SSSR count). The second-order valence-corrected chi connectivity index (χ2v) is 4.02. The molecule has 0 heterocycles. The van der Waals surface area contributed by atoms with Gasteiger partial charge in [-0.2, -0.15) is 0 Å². The van der Waals surface area contributed by atoms with Crippen LogP contribution in [-0.4, -0.2) is 22.5 Å². The van der Waals surface area contributed by atoms with E-state index in [0.29, 0.717) is 6.54 Å². The van der Waals surface area contributed by atoms with Gasteiger partial charge in [-0.05, 0) is 18.5 Å². The maximum absolute atomic E-state index is 11.6. The summed E-state index contributed by atoms with van der Waals surface area (Å²) >= 11 is 0. The quantitative estimate of drug-likeness (QED) is 0.414. The zero-order valence-corrected chi connectivity index (χ0v) is 9.92. The van der Waals surface area contributed by atoms with E-state index in [-0.39, 0.29) is 29.5 Å². The number of amides is 1. The van der Waals surface area contributed by atoms with Gasteiger partial charge in [-0.3, -0.25) is 14.9 Å². The molecule has 0 bridgehead atoms. The number of nitrogens with one attached hydrogen (secondary N) is 1. The highest BCUT2D eigenvalue weighted by Gasteiger charge is 2.19. The number of phenolic OH excluding ortho intramolecular Hbond substituents is 1. The van der Waals surface area contributed by atoms with Gasteiger partial charge in [0, 0.05) is 12.5 Å². The molecule has 0 fully saturated rings. The van der Waals surface area contributed by atoms with Crippen molar-refractivity contribution in [1.82, 2.24) is 0 Å². The highest BCUT2D eigenvalue weighted by molar-refractivity contribution is 5.95. The molecule has 1 amide bonds. The van der Waals surface area contributed by atoms with Crippen molar-refractivity contribution in [2.45, 2.75) is 13.3 Å². The van der Waals surface area contributed by atoms with Gasteiger partial charge >= 0.3 is 0 Å². The van der Waals surface area contributed by atoms with E-state index in [9.17, 15) is 20.0 Å². The largest absolute Gasteiger partial charge is 0.505 e. The summed E-state index contributed by atoms with van der Waals surface area (Å²) in [5.74, 6) is -0.787. The van der Waals surface area contributed by atoms with Crippen molar-refractivity contribution in [1.29, 1.82) is 0 Å². The van der Waals surface area contributed by atoms with Crippen LogP contribution in [0.15, 0.2) is 18.2 Å². The predicted molar refractivity (Wildman–Crippen MR) is 66.2 cm³/mol. The monoisotopic (exact) mass is 253 g/mol. The van der Waals surface area contributed by atoms with E-state index >= 15 is 0 Å². The van der Waals surface area contributed by atoms with Crippen LogP contribution >= 0.6 is 0 Å². The zero-order valence-electron chi connectivity index (χ0n) is 9.92. The van der Waals surface area contributed by atoms with Gasteiger partial charge in [-0.15, -0.1) is 0 Å². The van der Waals surface area contributed by atoms with E-state index in [1.165, 1.54) is 18.2 Å². The van der Waals surface area contributed by atoms with Crippen molar-refractivity contribution in [3.05, 3.63) is 28.3 Å². The molecule has 0 aliphatic rings. The average Bonchev–Trinajstić information content (AvgIpc) is 2.31. The maximum atomic E-state index is 11.6. The van der Waals surface area contributed by atoms with Crippen LogP contribution in [0.3, 0.4) is 0 Å². The second kappa shape index (κ2) is 5.97. The first-order valence-electron chi connectivity index (χ1n) is 5.42. The summed E-state index contributed by atoms with van der Waals surface area (Å²) in [5.41, 5.74) is 4.86. The van der Waals surface area contributed by atoms with E-state index in [4.69, 9.17) is 5.73 Å². The third-order valence-corrected chi connectivity index (χ3v) is 2.42. The summed E-state index contributed by atoms with van der Waals surface area (Å²) in [6.07, 6.45) is 0.141. The van der Waals surface area contributed by atoms with E-state index in [0.717, 1.165) is 0 Å². The van der Waals surface area contributed by atoms with Crippen LogP contribution in [0.1, 0.15) is 13.3 Å². The van der Waals surface area contributed by atoms with Gasteiger partial charge in [0.15, 0.2) is 5.69 Å². The Hall–Kier alpha value is -2.15. The van der Waals surface area contributed by atoms with Crippen molar-refractivity contribution in [2.24, 2.45) is 11.7 Å².